The van der Waals surface area contributed by atoms with Gasteiger partial charge in [-0.15, -0.1) is 0 Å². The number of rotatable bonds is 5. The molecule has 0 aliphatic carbocycles. The van der Waals surface area contributed by atoms with Gasteiger partial charge >= 0.3 is 0 Å². The normalized spacial score (nSPS) is 13.2. The van der Waals surface area contributed by atoms with Crippen LogP contribution in [0.25, 0.3) is 0 Å². The summed E-state index contributed by atoms with van der Waals surface area (Å²) < 4.78 is 0. The molecular formula is C15H21N3O2. The van der Waals surface area contributed by atoms with Crippen molar-refractivity contribution in [3.63, 3.8) is 0 Å². The third-order valence-electron chi connectivity index (χ3n) is 3.47. The molecule has 1 aromatic carbocycles. The zero-order chi connectivity index (χ0) is 14.5. The summed E-state index contributed by atoms with van der Waals surface area (Å²) in [6, 6.07) is 5.73. The Hall–Kier alpha value is -1.88. The molecule has 1 heterocycles. The van der Waals surface area contributed by atoms with E-state index in [1.165, 1.54) is 0 Å². The van der Waals surface area contributed by atoms with Crippen molar-refractivity contribution >= 4 is 23.2 Å². The number of fused-ring (bicyclic) bond motifs is 1. The fourth-order valence-electron chi connectivity index (χ4n) is 2.46. The SMILES string of the molecule is CNCCCC(=O)Nc1ccc2c(c1)CCN2C(C)=O. The van der Waals surface area contributed by atoms with Gasteiger partial charge in [0.2, 0.25) is 11.8 Å². The summed E-state index contributed by atoms with van der Waals surface area (Å²) in [5.41, 5.74) is 2.89. The molecule has 2 N–H and O–H groups in total. The zero-order valence-electron chi connectivity index (χ0n) is 12.0. The smallest absolute Gasteiger partial charge is 0.224 e. The maximum atomic E-state index is 11.8. The molecule has 2 rings (SSSR count). The van der Waals surface area contributed by atoms with Crippen LogP contribution in [-0.2, 0) is 16.0 Å². The highest BCUT2D eigenvalue weighted by molar-refractivity contribution is 5.95. The van der Waals surface area contributed by atoms with Crippen molar-refractivity contribution < 1.29 is 9.59 Å². The van der Waals surface area contributed by atoms with E-state index < -0.39 is 0 Å². The van der Waals surface area contributed by atoms with Gasteiger partial charge in [-0.25, -0.2) is 0 Å². The highest BCUT2D eigenvalue weighted by atomic mass is 16.2. The van der Waals surface area contributed by atoms with E-state index in [0.717, 1.165) is 42.9 Å². The molecule has 0 unspecified atom stereocenters. The number of nitrogens with one attached hydrogen (secondary N) is 2. The first kappa shape index (κ1) is 14.5. The fourth-order valence-corrected chi connectivity index (χ4v) is 2.46. The third kappa shape index (κ3) is 3.36. The molecule has 0 saturated heterocycles. The number of anilines is 2. The molecule has 1 aliphatic rings. The number of nitrogens with zero attached hydrogens (tertiary/aromatic N) is 1. The van der Waals surface area contributed by atoms with Gasteiger partial charge in [0.25, 0.3) is 0 Å². The summed E-state index contributed by atoms with van der Waals surface area (Å²) in [7, 11) is 1.87. The molecule has 1 aromatic rings. The van der Waals surface area contributed by atoms with Crippen molar-refractivity contribution in [1.29, 1.82) is 0 Å². The average molecular weight is 275 g/mol. The second kappa shape index (κ2) is 6.52. The largest absolute Gasteiger partial charge is 0.326 e. The monoisotopic (exact) mass is 275 g/mol. The molecule has 20 heavy (non-hydrogen) atoms. The van der Waals surface area contributed by atoms with Crippen LogP contribution in [0, 0.1) is 0 Å². The van der Waals surface area contributed by atoms with Crippen molar-refractivity contribution in [2.45, 2.75) is 26.2 Å². The van der Waals surface area contributed by atoms with Crippen molar-refractivity contribution in [1.82, 2.24) is 5.32 Å². The van der Waals surface area contributed by atoms with Gasteiger partial charge in [-0.2, -0.15) is 0 Å². The number of carbonyl (C=O) groups excluding carboxylic acids is 2. The Morgan fingerprint density at radius 2 is 2.15 bits per heavy atom. The number of hydrogen-bond donors (Lipinski definition) is 2. The Balaban J connectivity index is 1.98. The molecule has 108 valence electrons. The van der Waals surface area contributed by atoms with Crippen molar-refractivity contribution in [3.8, 4) is 0 Å². The van der Waals surface area contributed by atoms with Gasteiger partial charge in [-0.1, -0.05) is 0 Å². The molecule has 0 atom stereocenters. The molecule has 1 aliphatic heterocycles. The lowest BCUT2D eigenvalue weighted by molar-refractivity contribution is -0.117. The van der Waals surface area contributed by atoms with Crippen LogP contribution in [0.5, 0.6) is 0 Å². The number of hydrogen-bond acceptors (Lipinski definition) is 3. The first-order valence-corrected chi connectivity index (χ1v) is 6.97. The number of amides is 2. The summed E-state index contributed by atoms with van der Waals surface area (Å²) in [6.45, 7) is 3.14. The quantitative estimate of drug-likeness (QED) is 0.801. The fraction of sp³-hybridized carbons (Fsp3) is 0.467. The highest BCUT2D eigenvalue weighted by Crippen LogP contribution is 2.30. The average Bonchev–Trinajstić information content (AvgIpc) is 2.82. The first-order chi connectivity index (χ1) is 9.61. The van der Waals surface area contributed by atoms with Gasteiger partial charge in [0, 0.05) is 31.3 Å². The Bertz CT molecular complexity index is 514. The summed E-state index contributed by atoms with van der Waals surface area (Å²) in [5.74, 6) is 0.0919. The maximum Gasteiger partial charge on any atom is 0.224 e. The minimum Gasteiger partial charge on any atom is -0.326 e. The van der Waals surface area contributed by atoms with Gasteiger partial charge in [-0.05, 0) is 50.2 Å². The van der Waals surface area contributed by atoms with Gasteiger partial charge in [0.15, 0.2) is 0 Å². The molecule has 0 aromatic heterocycles. The number of carbonyl (C=O) groups is 2. The van der Waals surface area contributed by atoms with E-state index in [0.29, 0.717) is 6.42 Å². The Labute approximate surface area is 119 Å². The van der Waals surface area contributed by atoms with Gasteiger partial charge in [0.05, 0.1) is 0 Å². The molecule has 5 heteroatoms. The van der Waals surface area contributed by atoms with Crippen LogP contribution in [-0.4, -0.2) is 32.0 Å². The molecular weight excluding hydrogens is 254 g/mol. The van der Waals surface area contributed by atoms with Gasteiger partial charge < -0.3 is 15.5 Å². The summed E-state index contributed by atoms with van der Waals surface area (Å²) in [4.78, 5) is 25.0. The summed E-state index contributed by atoms with van der Waals surface area (Å²) in [5, 5.41) is 5.92. The van der Waals surface area contributed by atoms with Crippen molar-refractivity contribution in [2.24, 2.45) is 0 Å². The van der Waals surface area contributed by atoms with E-state index in [1.807, 2.05) is 25.2 Å². The molecule has 0 bridgehead atoms. The molecule has 0 fully saturated rings. The first-order valence-electron chi connectivity index (χ1n) is 6.97. The van der Waals surface area contributed by atoms with Crippen molar-refractivity contribution in [3.05, 3.63) is 23.8 Å². The highest BCUT2D eigenvalue weighted by Gasteiger charge is 2.22. The predicted molar refractivity (Wildman–Crippen MR) is 80.0 cm³/mol. The summed E-state index contributed by atoms with van der Waals surface area (Å²) >= 11 is 0. The van der Waals surface area contributed by atoms with E-state index in [1.54, 1.807) is 11.8 Å². The lowest BCUT2D eigenvalue weighted by atomic mass is 10.1. The van der Waals surface area contributed by atoms with E-state index in [2.05, 4.69) is 10.6 Å². The minimum absolute atomic E-state index is 0.0293. The number of benzene rings is 1. The van der Waals surface area contributed by atoms with Crippen LogP contribution < -0.4 is 15.5 Å². The zero-order valence-corrected chi connectivity index (χ0v) is 12.0. The topological polar surface area (TPSA) is 61.4 Å². The van der Waals surface area contributed by atoms with Crippen LogP contribution >= 0.6 is 0 Å². The van der Waals surface area contributed by atoms with Crippen LogP contribution in [0.15, 0.2) is 18.2 Å². The van der Waals surface area contributed by atoms with E-state index in [-0.39, 0.29) is 11.8 Å². The second-order valence-corrected chi connectivity index (χ2v) is 5.02. The van der Waals surface area contributed by atoms with Gasteiger partial charge in [-0.3, -0.25) is 9.59 Å². The third-order valence-corrected chi connectivity index (χ3v) is 3.47. The van der Waals surface area contributed by atoms with Crippen LogP contribution in [0.1, 0.15) is 25.3 Å². The van der Waals surface area contributed by atoms with E-state index >= 15 is 0 Å². The predicted octanol–water partition coefficient (Wildman–Crippen LogP) is 1.53. The second-order valence-electron chi connectivity index (χ2n) is 5.02. The Kier molecular flexibility index (Phi) is 4.74. The van der Waals surface area contributed by atoms with E-state index in [4.69, 9.17) is 0 Å². The Morgan fingerprint density at radius 1 is 1.35 bits per heavy atom. The lowest BCUT2D eigenvalue weighted by Gasteiger charge is -2.15. The van der Waals surface area contributed by atoms with E-state index in [9.17, 15) is 9.59 Å². The maximum absolute atomic E-state index is 11.8. The molecule has 0 radical (unpaired) electrons. The summed E-state index contributed by atoms with van der Waals surface area (Å²) in [6.07, 6.45) is 2.18. The molecule has 2 amide bonds. The van der Waals surface area contributed by atoms with Crippen LogP contribution in [0.2, 0.25) is 0 Å². The Morgan fingerprint density at radius 3 is 2.85 bits per heavy atom. The molecule has 0 spiro atoms. The molecule has 5 nitrogen and oxygen atoms in total. The van der Waals surface area contributed by atoms with Crippen LogP contribution in [0.4, 0.5) is 11.4 Å². The van der Waals surface area contributed by atoms with Crippen LogP contribution in [0.3, 0.4) is 0 Å². The minimum atomic E-state index is 0.0293. The molecule has 0 saturated carbocycles. The van der Waals surface area contributed by atoms with Crippen molar-refractivity contribution in [2.75, 3.05) is 30.4 Å². The lowest BCUT2D eigenvalue weighted by Crippen LogP contribution is -2.25. The standard InChI is InChI=1S/C15H21N3O2/c1-11(19)18-9-7-12-10-13(5-6-14(12)18)17-15(20)4-3-8-16-2/h5-6,10,16H,3-4,7-9H2,1-2H3,(H,17,20). The van der Waals surface area contributed by atoms with Gasteiger partial charge in [0.1, 0.15) is 0 Å².